The zero-order chi connectivity index (χ0) is 19.7. The predicted octanol–water partition coefficient (Wildman–Crippen LogP) is 2.99. The van der Waals surface area contributed by atoms with E-state index >= 15 is 0 Å². The number of rotatable bonds is 3. The van der Waals surface area contributed by atoms with Gasteiger partial charge in [0.15, 0.2) is 5.69 Å². The first-order valence-corrected chi connectivity index (χ1v) is 11.1. The van der Waals surface area contributed by atoms with Crippen LogP contribution in [-0.2, 0) is 16.1 Å². The Balaban J connectivity index is 1.43. The Morgan fingerprint density at radius 2 is 2.11 bits per heavy atom. The average Bonchev–Trinajstić information content (AvgIpc) is 3.25. The highest BCUT2D eigenvalue weighted by atomic mass is 35.5. The largest absolute Gasteiger partial charge is 0.372 e. The third-order valence-electron chi connectivity index (χ3n) is 5.35. The fourth-order valence-electron chi connectivity index (χ4n) is 3.76. The molecule has 0 aliphatic carbocycles. The summed E-state index contributed by atoms with van der Waals surface area (Å²) in [5, 5.41) is 0. The fraction of sp³-hybridized carbons (Fsp3) is 0.556. The van der Waals surface area contributed by atoms with E-state index < -0.39 is 5.60 Å². The van der Waals surface area contributed by atoms with Crippen molar-refractivity contribution in [2.24, 2.45) is 0 Å². The van der Waals surface area contributed by atoms with E-state index in [2.05, 4.69) is 8.75 Å². The fourth-order valence-corrected chi connectivity index (χ4v) is 5.40. The normalized spacial score (nSPS) is 19.9. The van der Waals surface area contributed by atoms with Gasteiger partial charge in [-0.25, -0.2) is 0 Å². The Bertz CT molecular complexity index is 876. The molecule has 0 N–H and O–H groups in total. The van der Waals surface area contributed by atoms with Crippen LogP contribution < -0.4 is 0 Å². The Hall–Kier alpha value is -1.55. The molecule has 1 spiro atoms. The smallest absolute Gasteiger partial charge is 0.275 e. The van der Waals surface area contributed by atoms with Gasteiger partial charge >= 0.3 is 0 Å². The van der Waals surface area contributed by atoms with E-state index in [-0.39, 0.29) is 11.8 Å². The van der Waals surface area contributed by atoms with Crippen LogP contribution in [0.4, 0.5) is 0 Å². The van der Waals surface area contributed by atoms with Crippen LogP contribution >= 0.6 is 34.7 Å². The minimum absolute atomic E-state index is 0.0733. The molecule has 0 saturated carbocycles. The predicted molar refractivity (Wildman–Crippen MR) is 108 cm³/mol. The van der Waals surface area contributed by atoms with Crippen molar-refractivity contribution >= 4 is 46.5 Å². The minimum atomic E-state index is -0.403. The van der Waals surface area contributed by atoms with Gasteiger partial charge in [-0.05, 0) is 31.9 Å². The molecule has 7 nitrogen and oxygen atoms in total. The molecule has 0 aromatic carbocycles. The molecule has 150 valence electrons. The second-order valence-electron chi connectivity index (χ2n) is 7.23. The molecule has 0 radical (unpaired) electrons. The highest BCUT2D eigenvalue weighted by molar-refractivity contribution is 7.16. The number of hydrogen-bond acceptors (Lipinski definition) is 7. The lowest BCUT2D eigenvalue weighted by molar-refractivity contribution is -0.132. The average molecular weight is 441 g/mol. The van der Waals surface area contributed by atoms with Crippen LogP contribution in [0, 0.1) is 6.92 Å². The molecular weight excluding hydrogens is 420 g/mol. The van der Waals surface area contributed by atoms with Crippen molar-refractivity contribution < 1.29 is 14.3 Å². The summed E-state index contributed by atoms with van der Waals surface area (Å²) in [6.07, 6.45) is 1.78. The van der Waals surface area contributed by atoms with Crippen molar-refractivity contribution in [3.63, 3.8) is 0 Å². The summed E-state index contributed by atoms with van der Waals surface area (Å²) in [6.45, 7) is 4.49. The monoisotopic (exact) mass is 440 g/mol. The summed E-state index contributed by atoms with van der Waals surface area (Å²) < 4.78 is 15.1. The molecule has 2 fully saturated rings. The van der Waals surface area contributed by atoms with Crippen molar-refractivity contribution in [2.45, 2.75) is 38.3 Å². The van der Waals surface area contributed by atoms with Crippen molar-refractivity contribution in [3.05, 3.63) is 32.7 Å². The number of aryl methyl sites for hydroxylation is 1. The second-order valence-corrected chi connectivity index (χ2v) is 9.56. The van der Waals surface area contributed by atoms with Gasteiger partial charge in [-0.3, -0.25) is 9.59 Å². The van der Waals surface area contributed by atoms with Gasteiger partial charge in [0.2, 0.25) is 5.91 Å². The molecule has 2 aliphatic rings. The zero-order valence-electron chi connectivity index (χ0n) is 15.5. The van der Waals surface area contributed by atoms with Gasteiger partial charge in [-0.1, -0.05) is 11.6 Å². The number of aromatic nitrogens is 2. The molecule has 2 aromatic rings. The van der Waals surface area contributed by atoms with E-state index in [0.717, 1.165) is 20.9 Å². The van der Waals surface area contributed by atoms with Gasteiger partial charge in [-0.15, -0.1) is 11.3 Å². The minimum Gasteiger partial charge on any atom is -0.372 e. The molecule has 4 rings (SSSR count). The standard InChI is InChI=1S/C18H21ClN4O3S2/c1-12-16(21-28-20-12)17(25)22-7-5-18(6-8-22)11-23(15(24)4-9-26-18)10-13-2-3-14(19)27-13/h2-3H,4-11H2,1H3. The van der Waals surface area contributed by atoms with Crippen LogP contribution in [0.1, 0.15) is 40.3 Å². The van der Waals surface area contributed by atoms with E-state index in [1.165, 1.54) is 11.3 Å². The number of likely N-dealkylation sites (tertiary alicyclic amines) is 1. The maximum Gasteiger partial charge on any atom is 0.275 e. The van der Waals surface area contributed by atoms with E-state index in [1.807, 2.05) is 21.9 Å². The molecule has 0 bridgehead atoms. The summed E-state index contributed by atoms with van der Waals surface area (Å²) in [7, 11) is 0. The highest BCUT2D eigenvalue weighted by Crippen LogP contribution is 2.32. The molecule has 2 saturated heterocycles. The SMILES string of the molecule is Cc1nsnc1C(=O)N1CCC2(CC1)CN(Cc1ccc(Cl)s1)C(=O)CCO2. The molecule has 0 unspecified atom stereocenters. The summed E-state index contributed by atoms with van der Waals surface area (Å²) >= 11 is 8.59. The highest BCUT2D eigenvalue weighted by Gasteiger charge is 2.41. The third-order valence-corrected chi connectivity index (χ3v) is 7.18. The maximum atomic E-state index is 12.7. The lowest BCUT2D eigenvalue weighted by atomic mass is 9.90. The van der Waals surface area contributed by atoms with Crippen LogP contribution in [0.15, 0.2) is 12.1 Å². The van der Waals surface area contributed by atoms with Gasteiger partial charge in [0.1, 0.15) is 0 Å². The van der Waals surface area contributed by atoms with E-state index in [1.54, 1.807) is 6.92 Å². The van der Waals surface area contributed by atoms with E-state index in [0.29, 0.717) is 63.4 Å². The van der Waals surface area contributed by atoms with Crippen LogP contribution in [0.25, 0.3) is 0 Å². The van der Waals surface area contributed by atoms with Crippen LogP contribution in [0.5, 0.6) is 0 Å². The first-order valence-electron chi connectivity index (χ1n) is 9.20. The summed E-state index contributed by atoms with van der Waals surface area (Å²) in [6, 6.07) is 3.82. The number of halogens is 1. The van der Waals surface area contributed by atoms with Crippen LogP contribution in [0.2, 0.25) is 4.34 Å². The number of piperidine rings is 1. The van der Waals surface area contributed by atoms with Crippen molar-refractivity contribution in [1.29, 1.82) is 0 Å². The van der Waals surface area contributed by atoms with Gasteiger partial charge in [0.25, 0.3) is 5.91 Å². The molecule has 2 aromatic heterocycles. The quantitative estimate of drug-likeness (QED) is 0.733. The van der Waals surface area contributed by atoms with Gasteiger partial charge in [-0.2, -0.15) is 8.75 Å². The zero-order valence-corrected chi connectivity index (χ0v) is 17.9. The number of thiophene rings is 1. The van der Waals surface area contributed by atoms with E-state index in [9.17, 15) is 9.59 Å². The Morgan fingerprint density at radius 3 is 2.75 bits per heavy atom. The molecule has 2 amide bonds. The molecule has 10 heteroatoms. The van der Waals surface area contributed by atoms with E-state index in [4.69, 9.17) is 16.3 Å². The Labute approximate surface area is 176 Å². The summed E-state index contributed by atoms with van der Waals surface area (Å²) in [4.78, 5) is 30.0. The summed E-state index contributed by atoms with van der Waals surface area (Å²) in [5.41, 5.74) is 0.709. The molecular formula is C18H21ClN4O3S2. The van der Waals surface area contributed by atoms with Crippen molar-refractivity contribution in [3.8, 4) is 0 Å². The Kier molecular flexibility index (Phi) is 5.69. The number of hydrogen-bond donors (Lipinski definition) is 0. The van der Waals surface area contributed by atoms with Gasteiger partial charge < -0.3 is 14.5 Å². The second kappa shape index (κ2) is 8.06. The number of nitrogens with zero attached hydrogens (tertiary/aromatic N) is 4. The number of amides is 2. The molecule has 4 heterocycles. The number of carbonyl (C=O) groups is 2. The first kappa shape index (κ1) is 19.8. The molecule has 2 aliphatic heterocycles. The lowest BCUT2D eigenvalue weighted by Gasteiger charge is -2.42. The van der Waals surface area contributed by atoms with Crippen molar-refractivity contribution in [1.82, 2.24) is 18.5 Å². The van der Waals surface area contributed by atoms with Crippen LogP contribution in [-0.4, -0.2) is 62.2 Å². The third kappa shape index (κ3) is 4.07. The first-order chi connectivity index (χ1) is 13.5. The van der Waals surface area contributed by atoms with Crippen LogP contribution in [0.3, 0.4) is 0 Å². The van der Waals surface area contributed by atoms with Gasteiger partial charge in [0.05, 0.1) is 53.5 Å². The number of carbonyl (C=O) groups excluding carboxylic acids is 2. The molecule has 28 heavy (non-hydrogen) atoms. The Morgan fingerprint density at radius 1 is 1.32 bits per heavy atom. The van der Waals surface area contributed by atoms with Gasteiger partial charge in [0, 0.05) is 18.0 Å². The topological polar surface area (TPSA) is 75.6 Å². The lowest BCUT2D eigenvalue weighted by Crippen LogP contribution is -2.53. The summed E-state index contributed by atoms with van der Waals surface area (Å²) in [5.74, 6) is 0.0277. The van der Waals surface area contributed by atoms with Crippen molar-refractivity contribution in [2.75, 3.05) is 26.2 Å². The number of ether oxygens (including phenoxy) is 1. The maximum absolute atomic E-state index is 12.7. The molecule has 0 atom stereocenters.